The zero-order valence-corrected chi connectivity index (χ0v) is 13.2. The van der Waals surface area contributed by atoms with Crippen LogP contribution in [0.15, 0.2) is 11.4 Å². The van der Waals surface area contributed by atoms with Crippen LogP contribution in [0, 0.1) is 11.3 Å². The number of nitrogen functional groups attached to an aromatic ring is 1. The van der Waals surface area contributed by atoms with E-state index in [1.807, 2.05) is 11.4 Å². The Morgan fingerprint density at radius 2 is 2.20 bits per heavy atom. The van der Waals surface area contributed by atoms with Crippen LogP contribution in [0.1, 0.15) is 33.0 Å². The molecule has 5 heteroatoms. The molecule has 1 saturated heterocycles. The molecular formula is C15H22N4S. The first-order valence-electron chi connectivity index (χ1n) is 7.15. The van der Waals surface area contributed by atoms with Gasteiger partial charge in [0.2, 0.25) is 0 Å². The van der Waals surface area contributed by atoms with E-state index in [1.165, 1.54) is 6.42 Å². The SMILES string of the molecule is CC(C)(C)C1CCN(Cc2nc(N)c3ccsc3n2)C1. The Morgan fingerprint density at radius 1 is 1.40 bits per heavy atom. The fraction of sp³-hybridized carbons (Fsp3) is 0.600. The van der Waals surface area contributed by atoms with E-state index in [2.05, 4.69) is 35.6 Å². The van der Waals surface area contributed by atoms with Crippen molar-refractivity contribution in [3.63, 3.8) is 0 Å². The van der Waals surface area contributed by atoms with Gasteiger partial charge in [0.25, 0.3) is 0 Å². The molecular weight excluding hydrogens is 268 g/mol. The smallest absolute Gasteiger partial charge is 0.146 e. The number of hydrogen-bond donors (Lipinski definition) is 1. The minimum atomic E-state index is 0.381. The number of nitrogens with two attached hydrogens (primary N) is 1. The van der Waals surface area contributed by atoms with E-state index in [1.54, 1.807) is 11.3 Å². The minimum Gasteiger partial charge on any atom is -0.383 e. The summed E-state index contributed by atoms with van der Waals surface area (Å²) in [4.78, 5) is 12.5. The summed E-state index contributed by atoms with van der Waals surface area (Å²) >= 11 is 1.63. The molecule has 2 aromatic heterocycles. The zero-order valence-electron chi connectivity index (χ0n) is 12.4. The summed E-state index contributed by atoms with van der Waals surface area (Å²) in [6.07, 6.45) is 1.26. The molecule has 0 amide bonds. The molecule has 1 unspecified atom stereocenters. The molecule has 1 fully saturated rings. The summed E-state index contributed by atoms with van der Waals surface area (Å²) in [6, 6.07) is 1.99. The van der Waals surface area contributed by atoms with E-state index in [0.29, 0.717) is 11.2 Å². The molecule has 0 radical (unpaired) electrons. The Bertz CT molecular complexity index is 614. The van der Waals surface area contributed by atoms with Gasteiger partial charge in [-0.25, -0.2) is 9.97 Å². The number of fused-ring (bicyclic) bond motifs is 1. The van der Waals surface area contributed by atoms with Crippen LogP contribution < -0.4 is 5.73 Å². The van der Waals surface area contributed by atoms with Gasteiger partial charge < -0.3 is 5.73 Å². The topological polar surface area (TPSA) is 55.0 Å². The number of aromatic nitrogens is 2. The molecule has 0 spiro atoms. The molecule has 0 aliphatic carbocycles. The third kappa shape index (κ3) is 2.65. The molecule has 0 bridgehead atoms. The Morgan fingerprint density at radius 3 is 2.90 bits per heavy atom. The monoisotopic (exact) mass is 290 g/mol. The number of thiophene rings is 1. The summed E-state index contributed by atoms with van der Waals surface area (Å²) in [5.41, 5.74) is 6.39. The van der Waals surface area contributed by atoms with Gasteiger partial charge in [0, 0.05) is 6.54 Å². The summed E-state index contributed by atoms with van der Waals surface area (Å²) in [5, 5.41) is 3.00. The standard InChI is InChI=1S/C15H22N4S/c1-15(2,3)10-4-6-19(8-10)9-12-17-13(16)11-5-7-20-14(11)18-12/h5,7,10H,4,6,8-9H2,1-3H3,(H2,16,17,18). The fourth-order valence-electron chi connectivity index (χ4n) is 2.88. The number of rotatable bonds is 2. The molecule has 3 rings (SSSR count). The largest absolute Gasteiger partial charge is 0.383 e. The van der Waals surface area contributed by atoms with Crippen molar-refractivity contribution < 1.29 is 0 Å². The van der Waals surface area contributed by atoms with Crippen LogP contribution in [0.2, 0.25) is 0 Å². The van der Waals surface area contributed by atoms with E-state index in [9.17, 15) is 0 Å². The summed E-state index contributed by atoms with van der Waals surface area (Å²) in [5.74, 6) is 2.22. The molecule has 4 nitrogen and oxygen atoms in total. The van der Waals surface area contributed by atoms with Gasteiger partial charge in [-0.3, -0.25) is 4.90 Å². The van der Waals surface area contributed by atoms with E-state index in [4.69, 9.17) is 5.73 Å². The molecule has 2 aromatic rings. The molecule has 108 valence electrons. The van der Waals surface area contributed by atoms with E-state index < -0.39 is 0 Å². The van der Waals surface area contributed by atoms with Crippen LogP contribution in [0.4, 0.5) is 5.82 Å². The first kappa shape index (κ1) is 13.8. The van der Waals surface area contributed by atoms with Gasteiger partial charge >= 0.3 is 0 Å². The first-order valence-corrected chi connectivity index (χ1v) is 8.03. The maximum atomic E-state index is 6.01. The highest BCUT2D eigenvalue weighted by atomic mass is 32.1. The maximum Gasteiger partial charge on any atom is 0.146 e. The quantitative estimate of drug-likeness (QED) is 0.923. The van der Waals surface area contributed by atoms with Crippen molar-refractivity contribution in [1.82, 2.24) is 14.9 Å². The highest BCUT2D eigenvalue weighted by molar-refractivity contribution is 7.16. The zero-order chi connectivity index (χ0) is 14.3. The van der Waals surface area contributed by atoms with Crippen LogP contribution >= 0.6 is 11.3 Å². The number of likely N-dealkylation sites (tertiary alicyclic amines) is 1. The summed E-state index contributed by atoms with van der Waals surface area (Å²) in [7, 11) is 0. The second-order valence-corrected chi connectivity index (χ2v) is 7.65. The number of anilines is 1. The number of nitrogens with zero attached hydrogens (tertiary/aromatic N) is 3. The van der Waals surface area contributed by atoms with E-state index >= 15 is 0 Å². The van der Waals surface area contributed by atoms with Crippen molar-refractivity contribution in [1.29, 1.82) is 0 Å². The predicted molar refractivity (Wildman–Crippen MR) is 84.7 cm³/mol. The van der Waals surface area contributed by atoms with Crippen LogP contribution in [-0.2, 0) is 6.54 Å². The van der Waals surface area contributed by atoms with Crippen molar-refractivity contribution in [2.75, 3.05) is 18.8 Å². The second kappa shape index (κ2) is 4.97. The second-order valence-electron chi connectivity index (χ2n) is 6.75. The Hall–Kier alpha value is -1.20. The molecule has 20 heavy (non-hydrogen) atoms. The fourth-order valence-corrected chi connectivity index (χ4v) is 3.67. The lowest BCUT2D eigenvalue weighted by Gasteiger charge is -2.27. The summed E-state index contributed by atoms with van der Waals surface area (Å²) < 4.78 is 0. The van der Waals surface area contributed by atoms with Crippen LogP contribution in [0.5, 0.6) is 0 Å². The van der Waals surface area contributed by atoms with Gasteiger partial charge in [-0.1, -0.05) is 20.8 Å². The average molecular weight is 290 g/mol. The molecule has 3 heterocycles. The average Bonchev–Trinajstić information content (AvgIpc) is 2.96. The van der Waals surface area contributed by atoms with Crippen molar-refractivity contribution in [2.45, 2.75) is 33.7 Å². The highest BCUT2D eigenvalue weighted by Crippen LogP contribution is 2.34. The van der Waals surface area contributed by atoms with Crippen LogP contribution in [0.25, 0.3) is 10.2 Å². The van der Waals surface area contributed by atoms with Crippen molar-refractivity contribution in [2.24, 2.45) is 11.3 Å². The van der Waals surface area contributed by atoms with Crippen molar-refractivity contribution in [3.05, 3.63) is 17.3 Å². The third-order valence-corrected chi connectivity index (χ3v) is 5.07. The lowest BCUT2D eigenvalue weighted by Crippen LogP contribution is -2.26. The Kier molecular flexibility index (Phi) is 3.42. The Labute approximate surface area is 124 Å². The van der Waals surface area contributed by atoms with Crippen LogP contribution in [-0.4, -0.2) is 28.0 Å². The lowest BCUT2D eigenvalue weighted by atomic mass is 9.80. The van der Waals surface area contributed by atoms with E-state index in [0.717, 1.165) is 41.6 Å². The highest BCUT2D eigenvalue weighted by Gasteiger charge is 2.31. The molecule has 0 aromatic carbocycles. The van der Waals surface area contributed by atoms with Gasteiger partial charge in [0.1, 0.15) is 16.5 Å². The van der Waals surface area contributed by atoms with Crippen molar-refractivity contribution in [3.8, 4) is 0 Å². The van der Waals surface area contributed by atoms with Crippen LogP contribution in [0.3, 0.4) is 0 Å². The molecule has 1 aliphatic rings. The predicted octanol–water partition coefficient (Wildman–Crippen LogP) is 3.14. The van der Waals surface area contributed by atoms with E-state index in [-0.39, 0.29) is 0 Å². The van der Waals surface area contributed by atoms with Gasteiger partial charge in [-0.15, -0.1) is 11.3 Å². The summed E-state index contributed by atoms with van der Waals surface area (Å²) in [6.45, 7) is 10.1. The normalized spacial score (nSPS) is 20.9. The third-order valence-electron chi connectivity index (χ3n) is 4.26. The molecule has 1 atom stereocenters. The number of hydrogen-bond acceptors (Lipinski definition) is 5. The molecule has 1 aliphatic heterocycles. The minimum absolute atomic E-state index is 0.381. The Balaban J connectivity index is 1.74. The maximum absolute atomic E-state index is 6.01. The molecule has 0 saturated carbocycles. The van der Waals surface area contributed by atoms with Gasteiger partial charge in [-0.2, -0.15) is 0 Å². The first-order chi connectivity index (χ1) is 9.43. The van der Waals surface area contributed by atoms with Gasteiger partial charge in [0.15, 0.2) is 0 Å². The lowest BCUT2D eigenvalue weighted by molar-refractivity contribution is 0.224. The molecule has 2 N–H and O–H groups in total. The van der Waals surface area contributed by atoms with Crippen molar-refractivity contribution >= 4 is 27.4 Å². The van der Waals surface area contributed by atoms with Gasteiger partial charge in [0.05, 0.1) is 11.9 Å². The van der Waals surface area contributed by atoms with Gasteiger partial charge in [-0.05, 0) is 35.7 Å².